The van der Waals surface area contributed by atoms with E-state index in [1.165, 1.54) is 49.7 Å². The summed E-state index contributed by atoms with van der Waals surface area (Å²) in [6.07, 6.45) is 0. The molecule has 0 spiro atoms. The van der Waals surface area contributed by atoms with E-state index in [0.29, 0.717) is 0 Å². The van der Waals surface area contributed by atoms with Gasteiger partial charge in [-0.15, -0.1) is 10.8 Å². The van der Waals surface area contributed by atoms with Gasteiger partial charge in [0.15, 0.2) is 0 Å². The Kier molecular flexibility index (Phi) is 12.6. The number of fused-ring (bicyclic) bond motifs is 1. The van der Waals surface area contributed by atoms with Gasteiger partial charge in [-0.3, -0.25) is 0 Å². The molecule has 0 radical (unpaired) electrons. The predicted octanol–water partition coefficient (Wildman–Crippen LogP) is 6.92. The van der Waals surface area contributed by atoms with Crippen LogP contribution in [0.4, 0.5) is 0 Å². The van der Waals surface area contributed by atoms with Gasteiger partial charge >= 0.3 is 0 Å². The van der Waals surface area contributed by atoms with E-state index in [2.05, 4.69) is 90.9 Å². The summed E-state index contributed by atoms with van der Waals surface area (Å²) in [4.78, 5) is 0. The van der Waals surface area contributed by atoms with Crippen molar-refractivity contribution in [2.75, 3.05) is 0 Å². The average Bonchev–Trinajstić information content (AvgIpc) is 2.35. The summed E-state index contributed by atoms with van der Waals surface area (Å²) in [6.45, 7) is 14.8. The first-order chi connectivity index (χ1) is 10.8. The fourth-order valence-corrected chi connectivity index (χ4v) is 3.36. The van der Waals surface area contributed by atoms with Gasteiger partial charge in [-0.05, 0) is 6.92 Å². The van der Waals surface area contributed by atoms with E-state index in [4.69, 9.17) is 0 Å². The normalized spacial score (nSPS) is 9.19. The molecule has 0 saturated carbocycles. The Morgan fingerprint density at radius 1 is 0.577 bits per heavy atom. The minimum Gasteiger partial charge on any atom is -0.177 e. The predicted molar refractivity (Wildman–Crippen MR) is 108 cm³/mol. The molecule has 26 heavy (non-hydrogen) atoms. The molecule has 0 aromatic heterocycles. The number of benzene rings is 3. The smallest absolute Gasteiger partial charge is 0 e. The van der Waals surface area contributed by atoms with Crippen LogP contribution in [0, 0.1) is 60.6 Å². The fraction of sp³-hybridized carbons (Fsp3) is 0.333. The fourth-order valence-electron chi connectivity index (χ4n) is 3.36. The van der Waals surface area contributed by atoms with Gasteiger partial charge < -0.3 is 0 Å². The molecule has 0 nitrogen and oxygen atoms in total. The molecular formula is C24H30W2-2. The summed E-state index contributed by atoms with van der Waals surface area (Å²) in [5.41, 5.74) is 8.95. The van der Waals surface area contributed by atoms with Crippen molar-refractivity contribution in [2.45, 2.75) is 55.9 Å². The SMILES string of the molecule is C.Cc1[c-]c(C)c2c(C)cc(C)cc2c1.Cc1[c-]c(C)cc(C)c1.[W].[W]. The minimum absolute atomic E-state index is 0. The number of hydrogen-bond donors (Lipinski definition) is 0. The zero-order valence-corrected chi connectivity index (χ0v) is 22.1. The summed E-state index contributed by atoms with van der Waals surface area (Å²) in [5.74, 6) is 0. The first-order valence-electron chi connectivity index (χ1n) is 8.14. The van der Waals surface area contributed by atoms with E-state index in [1.54, 1.807) is 0 Å². The van der Waals surface area contributed by atoms with Crippen LogP contribution >= 0.6 is 0 Å². The minimum atomic E-state index is 0. The Morgan fingerprint density at radius 2 is 1.04 bits per heavy atom. The number of aryl methyl sites for hydroxylation is 7. The Bertz CT molecular complexity index is 755. The maximum atomic E-state index is 3.37. The first-order valence-corrected chi connectivity index (χ1v) is 8.14. The van der Waals surface area contributed by atoms with Gasteiger partial charge in [0.05, 0.1) is 0 Å². The van der Waals surface area contributed by atoms with E-state index in [1.807, 2.05) is 0 Å². The third-order valence-corrected chi connectivity index (χ3v) is 3.92. The molecule has 0 aliphatic rings. The molecule has 0 N–H and O–H groups in total. The largest absolute Gasteiger partial charge is 0.177 e. The van der Waals surface area contributed by atoms with Crippen molar-refractivity contribution >= 4 is 10.8 Å². The second-order valence-corrected chi connectivity index (χ2v) is 6.65. The van der Waals surface area contributed by atoms with Gasteiger partial charge in [0.2, 0.25) is 0 Å². The second-order valence-electron chi connectivity index (χ2n) is 6.65. The summed E-state index contributed by atoms with van der Waals surface area (Å²) in [6, 6.07) is 17.5. The van der Waals surface area contributed by atoms with Crippen LogP contribution in [0.15, 0.2) is 30.3 Å². The van der Waals surface area contributed by atoms with Crippen molar-refractivity contribution in [2.24, 2.45) is 0 Å². The Morgan fingerprint density at radius 3 is 1.54 bits per heavy atom. The molecule has 0 heterocycles. The van der Waals surface area contributed by atoms with Crippen molar-refractivity contribution in [3.63, 3.8) is 0 Å². The van der Waals surface area contributed by atoms with Gasteiger partial charge in [0.25, 0.3) is 0 Å². The van der Waals surface area contributed by atoms with Gasteiger partial charge in [0.1, 0.15) is 0 Å². The molecular weight excluding hydrogens is 656 g/mol. The van der Waals surface area contributed by atoms with E-state index in [0.717, 1.165) is 0 Å². The van der Waals surface area contributed by atoms with Crippen LogP contribution in [0.1, 0.15) is 46.4 Å². The molecule has 3 aromatic carbocycles. The summed E-state index contributed by atoms with van der Waals surface area (Å²) >= 11 is 0. The topological polar surface area (TPSA) is 0 Å². The molecule has 0 unspecified atom stereocenters. The Balaban J connectivity index is 0. The van der Waals surface area contributed by atoms with Crippen LogP contribution in [0.3, 0.4) is 0 Å². The Hall–Kier alpha value is -0.703. The molecule has 3 rings (SSSR count). The van der Waals surface area contributed by atoms with Crippen LogP contribution in [0.5, 0.6) is 0 Å². The number of rotatable bonds is 0. The van der Waals surface area contributed by atoms with Crippen LogP contribution in [0.2, 0.25) is 0 Å². The maximum Gasteiger partial charge on any atom is 0 e. The van der Waals surface area contributed by atoms with Gasteiger partial charge in [0, 0.05) is 42.1 Å². The van der Waals surface area contributed by atoms with Gasteiger partial charge in [-0.25, -0.2) is 0 Å². The van der Waals surface area contributed by atoms with E-state index >= 15 is 0 Å². The summed E-state index contributed by atoms with van der Waals surface area (Å²) in [5, 5.41) is 2.71. The first kappa shape index (κ1) is 27.5. The monoisotopic (exact) mass is 686 g/mol. The standard InChI is InChI=1S/C14H15.C9H11.CH4.2W/c1-9-5-11(3)14-12(4)6-10(2)8-13(14)7-9;1-7-4-8(2)6-9(3)5-7;;;/h5,7-8H,1-4H3;4-5H,1-3H3;1H4;;/q2*-1;;;. The molecule has 140 valence electrons. The van der Waals surface area contributed by atoms with Gasteiger partial charge in [-0.2, -0.15) is 58.1 Å². The van der Waals surface area contributed by atoms with Crippen LogP contribution < -0.4 is 0 Å². The van der Waals surface area contributed by atoms with Crippen molar-refractivity contribution in [1.82, 2.24) is 0 Å². The Labute approximate surface area is 189 Å². The zero-order chi connectivity index (χ0) is 17.1. The molecule has 0 aliphatic carbocycles. The quantitative estimate of drug-likeness (QED) is 0.226. The third-order valence-electron chi connectivity index (χ3n) is 3.92. The van der Waals surface area contributed by atoms with E-state index in [-0.39, 0.29) is 49.6 Å². The third kappa shape index (κ3) is 7.50. The van der Waals surface area contributed by atoms with Crippen molar-refractivity contribution in [1.29, 1.82) is 0 Å². The van der Waals surface area contributed by atoms with Crippen LogP contribution in [-0.2, 0) is 42.1 Å². The molecule has 0 aliphatic heterocycles. The van der Waals surface area contributed by atoms with E-state index in [9.17, 15) is 0 Å². The van der Waals surface area contributed by atoms with E-state index < -0.39 is 0 Å². The van der Waals surface area contributed by atoms with Crippen molar-refractivity contribution in [3.8, 4) is 0 Å². The summed E-state index contributed by atoms with van der Waals surface area (Å²) < 4.78 is 0. The molecule has 3 aromatic rings. The molecule has 0 fully saturated rings. The van der Waals surface area contributed by atoms with Crippen molar-refractivity contribution in [3.05, 3.63) is 81.4 Å². The van der Waals surface area contributed by atoms with Crippen LogP contribution in [0.25, 0.3) is 10.8 Å². The second kappa shape index (κ2) is 11.9. The van der Waals surface area contributed by atoms with Crippen LogP contribution in [-0.4, -0.2) is 0 Å². The zero-order valence-electron chi connectivity index (χ0n) is 16.2. The average molecular weight is 686 g/mol. The maximum absolute atomic E-state index is 3.37. The molecule has 0 atom stereocenters. The molecule has 2 heteroatoms. The van der Waals surface area contributed by atoms with Gasteiger partial charge in [-0.1, -0.05) is 72.2 Å². The molecule has 0 amide bonds. The number of hydrogen-bond acceptors (Lipinski definition) is 0. The molecule has 0 saturated heterocycles. The molecule has 0 bridgehead atoms. The van der Waals surface area contributed by atoms with Crippen molar-refractivity contribution < 1.29 is 42.1 Å². The summed E-state index contributed by atoms with van der Waals surface area (Å²) in [7, 11) is 0.